The quantitative estimate of drug-likeness (QED) is 0.296. The van der Waals surface area contributed by atoms with E-state index in [9.17, 15) is 22.8 Å². The summed E-state index contributed by atoms with van der Waals surface area (Å²) in [6.07, 6.45) is 0.223. The van der Waals surface area contributed by atoms with E-state index in [1.165, 1.54) is 11.9 Å². The first kappa shape index (κ1) is 20.8. The molecule has 1 aromatic rings. The summed E-state index contributed by atoms with van der Waals surface area (Å²) in [5, 5.41) is 6.12. The normalized spacial score (nSPS) is 21.8. The summed E-state index contributed by atoms with van der Waals surface area (Å²) >= 11 is 0. The molecule has 0 aromatic carbocycles. The van der Waals surface area contributed by atoms with Gasteiger partial charge in [0.15, 0.2) is 0 Å². The van der Waals surface area contributed by atoms with E-state index in [-0.39, 0.29) is 49.6 Å². The number of rotatable bonds is 2. The zero-order valence-corrected chi connectivity index (χ0v) is 17.6. The maximum absolute atomic E-state index is 12.7. The third kappa shape index (κ3) is 3.05. The summed E-state index contributed by atoms with van der Waals surface area (Å²) in [5.41, 5.74) is 0.634. The number of urea groups is 1. The van der Waals surface area contributed by atoms with Crippen LogP contribution >= 0.6 is 0 Å². The van der Waals surface area contributed by atoms with Crippen molar-refractivity contribution in [2.24, 2.45) is 0 Å². The van der Waals surface area contributed by atoms with Gasteiger partial charge in [-0.05, 0) is 20.3 Å². The fraction of sp³-hybridized carbons (Fsp3) is 0.538. The van der Waals surface area contributed by atoms with Gasteiger partial charge in [-0.1, -0.05) is 0 Å². The monoisotopic (exact) mass is 395 g/mol. The molecule has 2 saturated heterocycles. The van der Waals surface area contributed by atoms with Gasteiger partial charge in [0.1, 0.15) is 11.7 Å². The SMILES string of the molecule is Cc1n[nH]c(=O)c(N(C)C(=O)N2CC[C@@H]3[C@H]2C(=O)N3S(=O)(=O)O)c1C.[H-].[Na+]. The molecule has 2 fully saturated rings. The third-order valence-corrected chi connectivity index (χ3v) is 5.64. The van der Waals surface area contributed by atoms with E-state index < -0.39 is 39.9 Å². The number of aromatic amines is 1. The van der Waals surface area contributed by atoms with Crippen molar-refractivity contribution in [2.75, 3.05) is 18.5 Å². The van der Waals surface area contributed by atoms with Crippen molar-refractivity contribution in [1.82, 2.24) is 19.4 Å². The van der Waals surface area contributed by atoms with E-state index in [0.717, 1.165) is 4.90 Å². The molecular formula is C13H18N5NaO6S. The minimum atomic E-state index is -4.64. The molecule has 138 valence electrons. The molecule has 0 spiro atoms. The van der Waals surface area contributed by atoms with Crippen LogP contribution in [-0.4, -0.2) is 70.0 Å². The Bertz CT molecular complexity index is 938. The molecule has 2 aliphatic heterocycles. The van der Waals surface area contributed by atoms with Crippen LogP contribution in [0.3, 0.4) is 0 Å². The van der Waals surface area contributed by atoms with Gasteiger partial charge in [-0.15, -0.1) is 0 Å². The molecule has 2 N–H and O–H groups in total. The fourth-order valence-corrected chi connectivity index (χ4v) is 4.23. The molecule has 2 atom stereocenters. The summed E-state index contributed by atoms with van der Waals surface area (Å²) < 4.78 is 31.9. The number of H-pyrrole nitrogens is 1. The molecule has 0 radical (unpaired) electrons. The van der Waals surface area contributed by atoms with Crippen molar-refractivity contribution < 1.29 is 53.5 Å². The molecular weight excluding hydrogens is 377 g/mol. The molecule has 26 heavy (non-hydrogen) atoms. The molecule has 3 heterocycles. The summed E-state index contributed by atoms with van der Waals surface area (Å²) in [6, 6.07) is -2.34. The van der Waals surface area contributed by atoms with E-state index >= 15 is 0 Å². The largest absolute Gasteiger partial charge is 1.00 e. The van der Waals surface area contributed by atoms with Crippen LogP contribution in [0.2, 0.25) is 0 Å². The number of amides is 3. The molecule has 0 saturated carbocycles. The number of nitrogens with zero attached hydrogens (tertiary/aromatic N) is 4. The van der Waals surface area contributed by atoms with Gasteiger partial charge >= 0.3 is 45.9 Å². The Hall–Kier alpha value is -1.47. The van der Waals surface area contributed by atoms with Crippen molar-refractivity contribution in [2.45, 2.75) is 32.4 Å². The molecule has 2 aliphatic rings. The second-order valence-electron chi connectivity index (χ2n) is 6.06. The molecule has 3 rings (SSSR count). The molecule has 3 amide bonds. The second-order valence-corrected chi connectivity index (χ2v) is 7.35. The van der Waals surface area contributed by atoms with Crippen LogP contribution in [0.15, 0.2) is 4.79 Å². The number of likely N-dealkylation sites (tertiary alicyclic amines) is 1. The Kier molecular flexibility index (Phi) is 5.55. The molecule has 0 unspecified atom stereocenters. The minimum absolute atomic E-state index is 0. The standard InChI is InChI=1S/C13H17N5O6S.Na.H/c1-6-7(2)14-15-11(19)9(6)16(3)13(21)17-5-4-8-10(17)12(20)18(8)25(22,23)24;;/h8,10H,4-5H2,1-3H3,(H,15,19)(H,22,23,24);;/q;+1;-1/t8-,10+;;/m1../s1. The Morgan fingerprint density at radius 2 is 2.00 bits per heavy atom. The van der Waals surface area contributed by atoms with Crippen LogP contribution in [0.4, 0.5) is 10.5 Å². The first-order valence-electron chi connectivity index (χ1n) is 7.46. The smallest absolute Gasteiger partial charge is 1.00 e. The Labute approximate surface area is 173 Å². The first-order valence-corrected chi connectivity index (χ1v) is 8.86. The minimum Gasteiger partial charge on any atom is -1.00 e. The van der Waals surface area contributed by atoms with E-state index in [2.05, 4.69) is 10.2 Å². The van der Waals surface area contributed by atoms with Crippen molar-refractivity contribution in [3.05, 3.63) is 21.6 Å². The van der Waals surface area contributed by atoms with E-state index in [1.54, 1.807) is 13.8 Å². The average Bonchev–Trinajstić information content (AvgIpc) is 2.87. The van der Waals surface area contributed by atoms with Crippen molar-refractivity contribution in [1.29, 1.82) is 0 Å². The number of fused-ring (bicyclic) bond motifs is 1. The summed E-state index contributed by atoms with van der Waals surface area (Å²) in [4.78, 5) is 39.2. The topological polar surface area (TPSA) is 144 Å². The Balaban J connectivity index is 0.00000182. The number of carbonyl (C=O) groups excluding carboxylic acids is 2. The van der Waals surface area contributed by atoms with Crippen LogP contribution in [0, 0.1) is 13.8 Å². The van der Waals surface area contributed by atoms with E-state index in [0.29, 0.717) is 15.6 Å². The van der Waals surface area contributed by atoms with Crippen LogP contribution in [0.5, 0.6) is 0 Å². The number of hydrogen-bond acceptors (Lipinski definition) is 6. The van der Waals surface area contributed by atoms with Gasteiger partial charge < -0.3 is 6.33 Å². The van der Waals surface area contributed by atoms with Gasteiger partial charge in [-0.25, -0.2) is 14.2 Å². The van der Waals surface area contributed by atoms with Crippen molar-refractivity contribution in [3.8, 4) is 0 Å². The number of carbonyl (C=O) groups is 2. The van der Waals surface area contributed by atoms with Gasteiger partial charge in [0.05, 0.1) is 11.7 Å². The predicted molar refractivity (Wildman–Crippen MR) is 86.5 cm³/mol. The maximum Gasteiger partial charge on any atom is 1.00 e. The number of aryl methyl sites for hydroxylation is 1. The van der Waals surface area contributed by atoms with Gasteiger partial charge in [0.25, 0.3) is 11.5 Å². The molecule has 13 heteroatoms. The molecule has 0 bridgehead atoms. The van der Waals surface area contributed by atoms with Crippen LogP contribution in [0.1, 0.15) is 19.1 Å². The van der Waals surface area contributed by atoms with Gasteiger partial charge in [-0.2, -0.15) is 13.5 Å². The number of anilines is 1. The van der Waals surface area contributed by atoms with Crippen LogP contribution < -0.4 is 40.0 Å². The van der Waals surface area contributed by atoms with Gasteiger partial charge in [-0.3, -0.25) is 19.0 Å². The zero-order valence-electron chi connectivity index (χ0n) is 15.8. The fourth-order valence-electron chi connectivity index (χ4n) is 3.34. The predicted octanol–water partition coefficient (Wildman–Crippen LogP) is -3.85. The van der Waals surface area contributed by atoms with Crippen molar-refractivity contribution in [3.63, 3.8) is 0 Å². The number of β-lactam (4-membered cyclic amide) rings is 1. The third-order valence-electron chi connectivity index (χ3n) is 4.69. The zero-order chi connectivity index (χ0) is 18.7. The van der Waals surface area contributed by atoms with E-state index in [4.69, 9.17) is 4.55 Å². The van der Waals surface area contributed by atoms with Gasteiger partial charge in [0.2, 0.25) is 0 Å². The van der Waals surface area contributed by atoms with Crippen LogP contribution in [0.25, 0.3) is 0 Å². The first-order chi connectivity index (χ1) is 11.6. The number of aromatic nitrogens is 2. The van der Waals surface area contributed by atoms with Gasteiger partial charge in [0, 0.05) is 19.2 Å². The summed E-state index contributed by atoms with van der Waals surface area (Å²) in [7, 11) is -3.24. The van der Waals surface area contributed by atoms with Crippen molar-refractivity contribution >= 4 is 27.9 Å². The molecule has 1 aromatic heterocycles. The van der Waals surface area contributed by atoms with Crippen LogP contribution in [-0.2, 0) is 15.1 Å². The summed E-state index contributed by atoms with van der Waals surface area (Å²) in [5.74, 6) is -0.858. The van der Waals surface area contributed by atoms with E-state index in [1.807, 2.05) is 0 Å². The molecule has 0 aliphatic carbocycles. The number of nitrogens with one attached hydrogen (secondary N) is 1. The maximum atomic E-state index is 12.7. The second kappa shape index (κ2) is 6.93. The summed E-state index contributed by atoms with van der Waals surface area (Å²) in [6.45, 7) is 3.47. The number of hydrogen-bond donors (Lipinski definition) is 2. The average molecular weight is 395 g/mol. The Morgan fingerprint density at radius 1 is 1.38 bits per heavy atom. The Morgan fingerprint density at radius 3 is 2.58 bits per heavy atom. The molecule has 11 nitrogen and oxygen atoms in total.